The number of hydrogen-bond acceptors (Lipinski definition) is 2. The van der Waals surface area contributed by atoms with Gasteiger partial charge < -0.3 is 9.80 Å². The third-order valence-corrected chi connectivity index (χ3v) is 5.41. The molecule has 0 spiro atoms. The number of rotatable bonds is 3. The number of para-hydroxylation sites is 1. The predicted octanol–water partition coefficient (Wildman–Crippen LogP) is 3.57. The lowest BCUT2D eigenvalue weighted by atomic mass is 9.96. The van der Waals surface area contributed by atoms with Gasteiger partial charge in [0.1, 0.15) is 18.2 Å². The minimum absolute atomic E-state index is 0.0363. The monoisotopic (exact) mass is 385 g/mol. The Morgan fingerprint density at radius 3 is 2.68 bits per heavy atom. The van der Waals surface area contributed by atoms with E-state index in [2.05, 4.69) is 0 Å². The summed E-state index contributed by atoms with van der Waals surface area (Å²) in [7, 11) is 0. The fraction of sp³-hybridized carbons (Fsp3) is 0.333. The van der Waals surface area contributed by atoms with Crippen LogP contribution in [-0.4, -0.2) is 42.5 Å². The number of aryl methyl sites for hydroxylation is 1. The Hall–Kier alpha value is -2.96. The van der Waals surface area contributed by atoms with Crippen LogP contribution < -0.4 is 9.80 Å². The molecule has 0 bridgehead atoms. The maximum atomic E-state index is 14.0. The highest BCUT2D eigenvalue weighted by molar-refractivity contribution is 6.01. The quantitative estimate of drug-likeness (QED) is 0.811. The van der Waals surface area contributed by atoms with Crippen LogP contribution in [0.1, 0.15) is 18.9 Å². The van der Waals surface area contributed by atoms with Gasteiger partial charge in [0.15, 0.2) is 0 Å². The molecule has 2 aliphatic heterocycles. The van der Waals surface area contributed by atoms with E-state index in [9.17, 15) is 18.4 Å². The van der Waals surface area contributed by atoms with Crippen molar-refractivity contribution >= 4 is 23.3 Å². The SMILES string of the molecule is CC1CCc2cc(F)ccc2N1C(=O)CN1CCN(c2ccccc2F)C1=O. The lowest BCUT2D eigenvalue weighted by Crippen LogP contribution is -2.48. The zero-order valence-electron chi connectivity index (χ0n) is 15.6. The van der Waals surface area contributed by atoms with Crippen LogP contribution in [0, 0.1) is 11.6 Å². The summed E-state index contributed by atoms with van der Waals surface area (Å²) in [6.07, 6.45) is 1.44. The zero-order valence-corrected chi connectivity index (χ0v) is 15.6. The number of fused-ring (bicyclic) bond motifs is 1. The second-order valence-corrected chi connectivity index (χ2v) is 7.23. The molecule has 0 aliphatic carbocycles. The largest absolute Gasteiger partial charge is 0.325 e. The molecule has 4 rings (SSSR count). The van der Waals surface area contributed by atoms with Crippen molar-refractivity contribution < 1.29 is 18.4 Å². The van der Waals surface area contributed by atoms with E-state index in [-0.39, 0.29) is 36.0 Å². The van der Waals surface area contributed by atoms with Crippen molar-refractivity contribution in [1.82, 2.24) is 4.90 Å². The summed E-state index contributed by atoms with van der Waals surface area (Å²) < 4.78 is 27.6. The summed E-state index contributed by atoms with van der Waals surface area (Å²) >= 11 is 0. The molecule has 2 aliphatic rings. The van der Waals surface area contributed by atoms with E-state index in [1.54, 1.807) is 29.2 Å². The molecule has 2 aromatic rings. The highest BCUT2D eigenvalue weighted by Crippen LogP contribution is 2.32. The normalized spacial score (nSPS) is 19.2. The number of anilines is 2. The van der Waals surface area contributed by atoms with Crippen LogP contribution in [-0.2, 0) is 11.2 Å². The first-order chi connectivity index (χ1) is 13.5. The molecule has 1 unspecified atom stereocenters. The summed E-state index contributed by atoms with van der Waals surface area (Å²) in [6.45, 7) is 2.52. The molecule has 0 N–H and O–H groups in total. The van der Waals surface area contributed by atoms with Crippen molar-refractivity contribution in [3.8, 4) is 0 Å². The summed E-state index contributed by atoms with van der Waals surface area (Å²) in [5.74, 6) is -1.01. The average molecular weight is 385 g/mol. The maximum Gasteiger partial charge on any atom is 0.325 e. The van der Waals surface area contributed by atoms with Crippen LogP contribution in [0.3, 0.4) is 0 Å². The molecule has 2 aromatic carbocycles. The number of carbonyl (C=O) groups excluding carboxylic acids is 2. The number of amides is 3. The fourth-order valence-corrected chi connectivity index (χ4v) is 3.96. The molecule has 1 saturated heterocycles. The Balaban J connectivity index is 1.52. The van der Waals surface area contributed by atoms with Crippen LogP contribution in [0.25, 0.3) is 0 Å². The van der Waals surface area contributed by atoms with E-state index < -0.39 is 5.82 Å². The number of halogens is 2. The molecule has 28 heavy (non-hydrogen) atoms. The van der Waals surface area contributed by atoms with E-state index in [0.717, 1.165) is 12.0 Å². The Labute approximate surface area is 162 Å². The Kier molecular flexibility index (Phi) is 4.75. The number of urea groups is 1. The molecule has 7 heteroatoms. The van der Waals surface area contributed by atoms with Crippen LogP contribution in [0.4, 0.5) is 25.0 Å². The van der Waals surface area contributed by atoms with Gasteiger partial charge in [-0.05, 0) is 55.7 Å². The maximum absolute atomic E-state index is 14.0. The lowest BCUT2D eigenvalue weighted by Gasteiger charge is -2.36. The third kappa shape index (κ3) is 3.21. The highest BCUT2D eigenvalue weighted by atomic mass is 19.1. The molecule has 2 heterocycles. The first kappa shape index (κ1) is 18.4. The molecule has 1 atom stereocenters. The molecule has 0 saturated carbocycles. The van der Waals surface area contributed by atoms with Gasteiger partial charge in [-0.2, -0.15) is 0 Å². The summed E-state index contributed by atoms with van der Waals surface area (Å²) in [5, 5.41) is 0. The minimum Gasteiger partial charge on any atom is -0.313 e. The van der Waals surface area contributed by atoms with Gasteiger partial charge in [0.25, 0.3) is 0 Å². The van der Waals surface area contributed by atoms with E-state index in [0.29, 0.717) is 25.2 Å². The number of nitrogens with zero attached hydrogens (tertiary/aromatic N) is 3. The van der Waals surface area contributed by atoms with E-state index >= 15 is 0 Å². The molecular weight excluding hydrogens is 364 g/mol. The molecular formula is C21H21F2N3O2. The second kappa shape index (κ2) is 7.22. The standard InChI is InChI=1S/C21H21F2N3O2/c1-14-6-7-15-12-16(22)8-9-18(15)26(14)20(27)13-24-10-11-25(21(24)28)19-5-3-2-4-17(19)23/h2-5,8-9,12,14H,6-7,10-11,13H2,1H3. The first-order valence-electron chi connectivity index (χ1n) is 9.37. The first-order valence-corrected chi connectivity index (χ1v) is 9.37. The second-order valence-electron chi connectivity index (χ2n) is 7.23. The van der Waals surface area contributed by atoms with Gasteiger partial charge in [-0.3, -0.25) is 9.69 Å². The van der Waals surface area contributed by atoms with E-state index in [1.807, 2.05) is 6.92 Å². The van der Waals surface area contributed by atoms with Gasteiger partial charge in [0, 0.05) is 24.8 Å². The Bertz CT molecular complexity index is 934. The smallest absolute Gasteiger partial charge is 0.313 e. The topological polar surface area (TPSA) is 43.9 Å². The van der Waals surface area contributed by atoms with Crippen LogP contribution >= 0.6 is 0 Å². The van der Waals surface area contributed by atoms with Crippen molar-refractivity contribution in [1.29, 1.82) is 0 Å². The van der Waals surface area contributed by atoms with Crippen LogP contribution in [0.15, 0.2) is 42.5 Å². The van der Waals surface area contributed by atoms with Crippen LogP contribution in [0.2, 0.25) is 0 Å². The summed E-state index contributed by atoms with van der Waals surface area (Å²) in [4.78, 5) is 30.2. The molecule has 5 nitrogen and oxygen atoms in total. The van der Waals surface area contributed by atoms with Crippen molar-refractivity contribution in [2.24, 2.45) is 0 Å². The molecule has 0 aromatic heterocycles. The van der Waals surface area contributed by atoms with Gasteiger partial charge in [0.05, 0.1) is 5.69 Å². The summed E-state index contributed by atoms with van der Waals surface area (Å²) in [5.41, 5.74) is 1.71. The van der Waals surface area contributed by atoms with Gasteiger partial charge in [-0.1, -0.05) is 12.1 Å². The number of benzene rings is 2. The molecule has 0 radical (unpaired) electrons. The van der Waals surface area contributed by atoms with E-state index in [4.69, 9.17) is 0 Å². The molecule has 3 amide bonds. The third-order valence-electron chi connectivity index (χ3n) is 5.41. The minimum atomic E-state index is -0.468. The Morgan fingerprint density at radius 1 is 1.11 bits per heavy atom. The van der Waals surface area contributed by atoms with Crippen molar-refractivity contribution in [3.05, 3.63) is 59.7 Å². The van der Waals surface area contributed by atoms with Gasteiger partial charge >= 0.3 is 6.03 Å². The number of hydrogen-bond donors (Lipinski definition) is 0. The summed E-state index contributed by atoms with van der Waals surface area (Å²) in [6, 6.07) is 10.1. The number of carbonyl (C=O) groups is 2. The lowest BCUT2D eigenvalue weighted by molar-refractivity contribution is -0.119. The molecule has 1 fully saturated rings. The van der Waals surface area contributed by atoms with E-state index in [1.165, 1.54) is 28.0 Å². The van der Waals surface area contributed by atoms with Crippen molar-refractivity contribution in [2.45, 2.75) is 25.8 Å². The fourth-order valence-electron chi connectivity index (χ4n) is 3.96. The van der Waals surface area contributed by atoms with Crippen molar-refractivity contribution in [3.63, 3.8) is 0 Å². The van der Waals surface area contributed by atoms with Gasteiger partial charge in [-0.15, -0.1) is 0 Å². The van der Waals surface area contributed by atoms with Crippen LogP contribution in [0.5, 0.6) is 0 Å². The molecule has 146 valence electrons. The van der Waals surface area contributed by atoms with Crippen molar-refractivity contribution in [2.75, 3.05) is 29.4 Å². The average Bonchev–Trinajstić information content (AvgIpc) is 3.02. The highest BCUT2D eigenvalue weighted by Gasteiger charge is 2.35. The predicted molar refractivity (Wildman–Crippen MR) is 102 cm³/mol. The van der Waals surface area contributed by atoms with Gasteiger partial charge in [-0.25, -0.2) is 13.6 Å². The Morgan fingerprint density at radius 2 is 1.89 bits per heavy atom. The van der Waals surface area contributed by atoms with Gasteiger partial charge in [0.2, 0.25) is 5.91 Å². The zero-order chi connectivity index (χ0) is 19.8.